The molecule has 166 valence electrons. The lowest BCUT2D eigenvalue weighted by Gasteiger charge is -2.36. The number of benzene rings is 2. The number of likely N-dealkylation sites (tertiary alicyclic amines) is 1. The molecule has 0 radical (unpaired) electrons. The minimum Gasteiger partial charge on any atom is -0.379 e. The normalized spacial score (nSPS) is 21.5. The topological polar surface area (TPSA) is 44.8 Å². The van der Waals surface area contributed by atoms with E-state index in [0.717, 1.165) is 69.4 Å². The van der Waals surface area contributed by atoms with Crippen molar-refractivity contribution in [1.82, 2.24) is 15.1 Å². The second kappa shape index (κ2) is 11.1. The van der Waals surface area contributed by atoms with Gasteiger partial charge in [0.15, 0.2) is 0 Å². The lowest BCUT2D eigenvalue weighted by Crippen LogP contribution is -2.47. The summed E-state index contributed by atoms with van der Waals surface area (Å²) < 4.78 is 5.53. The van der Waals surface area contributed by atoms with E-state index in [0.29, 0.717) is 6.54 Å². The SMILES string of the molecule is O=C(NCC(c1cccc(Cl)c1)N1CCOCC1)C1CCCN(Cc2ccccc2)C1. The number of carbonyl (C=O) groups is 1. The van der Waals surface area contributed by atoms with Crippen molar-refractivity contribution in [2.75, 3.05) is 45.9 Å². The van der Waals surface area contributed by atoms with Crippen LogP contribution in [0.5, 0.6) is 0 Å². The van der Waals surface area contributed by atoms with Gasteiger partial charge in [-0.3, -0.25) is 14.6 Å². The van der Waals surface area contributed by atoms with Gasteiger partial charge in [0.1, 0.15) is 0 Å². The number of ether oxygens (including phenoxy) is 1. The van der Waals surface area contributed by atoms with E-state index in [2.05, 4.69) is 45.4 Å². The van der Waals surface area contributed by atoms with Crippen LogP contribution < -0.4 is 5.32 Å². The number of carbonyl (C=O) groups excluding carboxylic acids is 1. The first-order chi connectivity index (χ1) is 15.2. The van der Waals surface area contributed by atoms with Crippen LogP contribution in [0.15, 0.2) is 54.6 Å². The maximum Gasteiger partial charge on any atom is 0.224 e. The van der Waals surface area contributed by atoms with Crippen LogP contribution in [-0.4, -0.2) is 61.6 Å². The molecule has 0 bridgehead atoms. The van der Waals surface area contributed by atoms with Crippen molar-refractivity contribution in [1.29, 1.82) is 0 Å². The average molecular weight is 442 g/mol. The smallest absolute Gasteiger partial charge is 0.224 e. The fraction of sp³-hybridized carbons (Fsp3) is 0.480. The number of halogens is 1. The Morgan fingerprint density at radius 3 is 2.68 bits per heavy atom. The molecule has 2 aliphatic rings. The van der Waals surface area contributed by atoms with Crippen molar-refractivity contribution in [2.45, 2.75) is 25.4 Å². The first kappa shape index (κ1) is 22.3. The van der Waals surface area contributed by atoms with Gasteiger partial charge in [-0.05, 0) is 42.6 Å². The van der Waals surface area contributed by atoms with Crippen molar-refractivity contribution >= 4 is 17.5 Å². The third kappa shape index (κ3) is 6.30. The minimum atomic E-state index is 0.0437. The van der Waals surface area contributed by atoms with E-state index in [9.17, 15) is 4.79 Å². The number of piperidine rings is 1. The zero-order chi connectivity index (χ0) is 21.5. The van der Waals surface area contributed by atoms with E-state index in [4.69, 9.17) is 16.3 Å². The monoisotopic (exact) mass is 441 g/mol. The molecule has 2 unspecified atom stereocenters. The van der Waals surface area contributed by atoms with Gasteiger partial charge in [-0.25, -0.2) is 0 Å². The number of amides is 1. The van der Waals surface area contributed by atoms with Crippen LogP contribution in [0.3, 0.4) is 0 Å². The fourth-order valence-corrected chi connectivity index (χ4v) is 4.86. The van der Waals surface area contributed by atoms with Crippen LogP contribution in [0.2, 0.25) is 5.02 Å². The van der Waals surface area contributed by atoms with E-state index in [1.165, 1.54) is 5.56 Å². The molecular formula is C25H32ClN3O2. The predicted molar refractivity (Wildman–Crippen MR) is 124 cm³/mol. The molecule has 2 aliphatic heterocycles. The summed E-state index contributed by atoms with van der Waals surface area (Å²) in [5.74, 6) is 0.209. The highest BCUT2D eigenvalue weighted by Crippen LogP contribution is 2.25. The number of nitrogens with zero attached hydrogens (tertiary/aromatic N) is 2. The zero-order valence-electron chi connectivity index (χ0n) is 18.0. The van der Waals surface area contributed by atoms with Gasteiger partial charge < -0.3 is 10.1 Å². The van der Waals surface area contributed by atoms with Crippen molar-refractivity contribution in [3.05, 3.63) is 70.7 Å². The predicted octanol–water partition coefficient (Wildman–Crippen LogP) is 3.74. The maximum absolute atomic E-state index is 13.1. The van der Waals surface area contributed by atoms with Crippen LogP contribution in [0.1, 0.15) is 30.0 Å². The van der Waals surface area contributed by atoms with E-state index in [1.807, 2.05) is 24.3 Å². The summed E-state index contributed by atoms with van der Waals surface area (Å²) in [6.45, 7) is 6.54. The second-order valence-electron chi connectivity index (χ2n) is 8.52. The zero-order valence-corrected chi connectivity index (χ0v) is 18.8. The summed E-state index contributed by atoms with van der Waals surface area (Å²) in [5, 5.41) is 3.99. The Morgan fingerprint density at radius 2 is 1.90 bits per heavy atom. The summed E-state index contributed by atoms with van der Waals surface area (Å²) in [5.41, 5.74) is 2.45. The van der Waals surface area contributed by atoms with Crippen molar-refractivity contribution in [3.8, 4) is 0 Å². The number of hydrogen-bond donors (Lipinski definition) is 1. The van der Waals surface area contributed by atoms with E-state index < -0.39 is 0 Å². The first-order valence-electron chi connectivity index (χ1n) is 11.3. The van der Waals surface area contributed by atoms with Gasteiger partial charge in [-0.15, -0.1) is 0 Å². The molecule has 2 fully saturated rings. The van der Waals surface area contributed by atoms with Crippen LogP contribution >= 0.6 is 11.6 Å². The molecule has 0 aromatic heterocycles. The average Bonchev–Trinajstić information content (AvgIpc) is 2.81. The van der Waals surface area contributed by atoms with E-state index in [1.54, 1.807) is 0 Å². The lowest BCUT2D eigenvalue weighted by atomic mass is 9.96. The number of morpholine rings is 1. The van der Waals surface area contributed by atoms with E-state index >= 15 is 0 Å². The molecule has 2 saturated heterocycles. The number of hydrogen-bond acceptors (Lipinski definition) is 4. The summed E-state index contributed by atoms with van der Waals surface area (Å²) in [7, 11) is 0. The highest BCUT2D eigenvalue weighted by atomic mass is 35.5. The van der Waals surface area contributed by atoms with Crippen LogP contribution in [-0.2, 0) is 16.1 Å². The molecular weight excluding hydrogens is 410 g/mol. The molecule has 1 amide bonds. The minimum absolute atomic E-state index is 0.0437. The van der Waals surface area contributed by atoms with Gasteiger partial charge in [0.05, 0.1) is 25.2 Å². The summed E-state index contributed by atoms with van der Waals surface area (Å²) in [4.78, 5) is 17.9. The molecule has 1 N–H and O–H groups in total. The van der Waals surface area contributed by atoms with Crippen molar-refractivity contribution < 1.29 is 9.53 Å². The third-order valence-corrected chi connectivity index (χ3v) is 6.55. The first-order valence-corrected chi connectivity index (χ1v) is 11.7. The quantitative estimate of drug-likeness (QED) is 0.710. The Labute approximate surface area is 190 Å². The molecule has 5 nitrogen and oxygen atoms in total. The molecule has 0 saturated carbocycles. The molecule has 6 heteroatoms. The Morgan fingerprint density at radius 1 is 1.10 bits per heavy atom. The van der Waals surface area contributed by atoms with Gasteiger partial charge in [0.25, 0.3) is 0 Å². The Balaban J connectivity index is 1.36. The molecule has 31 heavy (non-hydrogen) atoms. The third-order valence-electron chi connectivity index (χ3n) is 6.31. The highest BCUT2D eigenvalue weighted by Gasteiger charge is 2.28. The van der Waals surface area contributed by atoms with Gasteiger partial charge in [0, 0.05) is 37.7 Å². The fourth-order valence-electron chi connectivity index (χ4n) is 4.66. The second-order valence-corrected chi connectivity index (χ2v) is 8.96. The largest absolute Gasteiger partial charge is 0.379 e. The van der Waals surface area contributed by atoms with Crippen molar-refractivity contribution in [2.24, 2.45) is 5.92 Å². The Bertz CT molecular complexity index is 842. The standard InChI is InChI=1S/C25H32ClN3O2/c26-23-10-4-8-21(16-23)24(29-12-14-31-15-13-29)17-27-25(30)22-9-5-11-28(19-22)18-20-6-2-1-3-7-20/h1-4,6-8,10,16,22,24H,5,9,11-15,17-19H2,(H,27,30). The molecule has 0 aliphatic carbocycles. The Kier molecular flexibility index (Phi) is 7.97. The molecule has 2 atom stereocenters. The van der Waals surface area contributed by atoms with Crippen LogP contribution in [0.25, 0.3) is 0 Å². The van der Waals surface area contributed by atoms with Gasteiger partial charge in [-0.1, -0.05) is 54.1 Å². The molecule has 0 spiro atoms. The maximum atomic E-state index is 13.1. The molecule has 2 heterocycles. The summed E-state index contributed by atoms with van der Waals surface area (Å²) >= 11 is 6.26. The van der Waals surface area contributed by atoms with Crippen molar-refractivity contribution in [3.63, 3.8) is 0 Å². The molecule has 2 aromatic rings. The molecule has 4 rings (SSSR count). The van der Waals surface area contributed by atoms with Gasteiger partial charge >= 0.3 is 0 Å². The van der Waals surface area contributed by atoms with Gasteiger partial charge in [-0.2, -0.15) is 0 Å². The number of rotatable bonds is 7. The summed E-state index contributed by atoms with van der Waals surface area (Å²) in [6.07, 6.45) is 2.02. The highest BCUT2D eigenvalue weighted by molar-refractivity contribution is 6.30. The van der Waals surface area contributed by atoms with E-state index in [-0.39, 0.29) is 17.9 Å². The van der Waals surface area contributed by atoms with Crippen LogP contribution in [0.4, 0.5) is 0 Å². The Hall–Kier alpha value is -1.92. The van der Waals surface area contributed by atoms with Gasteiger partial charge in [0.2, 0.25) is 5.91 Å². The number of nitrogens with one attached hydrogen (secondary N) is 1. The van der Waals surface area contributed by atoms with Crippen LogP contribution in [0, 0.1) is 5.92 Å². The summed E-state index contributed by atoms with van der Waals surface area (Å²) in [6, 6.07) is 18.6. The molecule has 2 aromatic carbocycles. The lowest BCUT2D eigenvalue weighted by molar-refractivity contribution is -0.127.